The molecule has 0 aromatic carbocycles. The molecule has 0 saturated carbocycles. The number of aryl methyl sites for hydroxylation is 1. The van der Waals surface area contributed by atoms with Gasteiger partial charge in [-0.15, -0.1) is 0 Å². The zero-order valence-electron chi connectivity index (χ0n) is 7.54. The molecule has 1 aromatic rings. The fourth-order valence-corrected chi connectivity index (χ4v) is 1.09. The van der Waals surface area contributed by atoms with Crippen LogP contribution in [0, 0.1) is 6.92 Å². The summed E-state index contributed by atoms with van der Waals surface area (Å²) in [7, 11) is 0. The third-order valence-corrected chi connectivity index (χ3v) is 1.67. The summed E-state index contributed by atoms with van der Waals surface area (Å²) < 4.78 is 0. The molecular weight excluding hydrogens is 146 g/mol. The monoisotopic (exact) mass is 159 g/mol. The lowest BCUT2D eigenvalue weighted by atomic mass is 10.1. The normalized spacial score (nSPS) is 10.5. The first-order valence-corrected chi connectivity index (χ1v) is 3.99. The molecule has 1 rings (SSSR count). The number of pyridine rings is 1. The Morgan fingerprint density at radius 3 is 2.75 bits per heavy atom. The summed E-state index contributed by atoms with van der Waals surface area (Å²) in [5.41, 5.74) is 3.30. The smallest absolute Gasteiger partial charge is 0.0379 e. The van der Waals surface area contributed by atoms with Gasteiger partial charge in [0.25, 0.3) is 0 Å². The predicted octanol–water partition coefficient (Wildman–Crippen LogP) is 3.07. The molecule has 1 heteroatoms. The van der Waals surface area contributed by atoms with Gasteiger partial charge in [0.1, 0.15) is 0 Å². The van der Waals surface area contributed by atoms with E-state index in [0.29, 0.717) is 0 Å². The zero-order chi connectivity index (χ0) is 8.97. The van der Waals surface area contributed by atoms with Crippen LogP contribution in [-0.4, -0.2) is 4.98 Å². The van der Waals surface area contributed by atoms with E-state index in [4.69, 9.17) is 0 Å². The van der Waals surface area contributed by atoms with Crippen LogP contribution in [-0.2, 0) is 0 Å². The minimum atomic E-state index is 1.04. The quantitative estimate of drug-likeness (QED) is 0.646. The molecule has 0 spiro atoms. The number of allylic oxidation sites excluding steroid dienone is 1. The van der Waals surface area contributed by atoms with Crippen molar-refractivity contribution in [3.8, 4) is 0 Å². The minimum Gasteiger partial charge on any atom is -0.261 e. The average Bonchev–Trinajstić information content (AvgIpc) is 2.05. The van der Waals surface area contributed by atoms with Crippen molar-refractivity contribution in [3.05, 3.63) is 41.7 Å². The number of rotatable bonds is 2. The van der Waals surface area contributed by atoms with Crippen LogP contribution in [0.2, 0.25) is 0 Å². The van der Waals surface area contributed by atoms with Gasteiger partial charge in [0.05, 0.1) is 0 Å². The van der Waals surface area contributed by atoms with Gasteiger partial charge < -0.3 is 0 Å². The number of aromatic nitrogens is 1. The predicted molar refractivity (Wildman–Crippen MR) is 53.8 cm³/mol. The molecule has 0 radical (unpaired) electrons. The molecule has 0 fully saturated rings. The first-order valence-electron chi connectivity index (χ1n) is 3.99. The summed E-state index contributed by atoms with van der Waals surface area (Å²) in [5.74, 6) is 0. The first kappa shape index (κ1) is 8.72. The van der Waals surface area contributed by atoms with Gasteiger partial charge >= 0.3 is 0 Å². The second kappa shape index (κ2) is 3.86. The van der Waals surface area contributed by atoms with Gasteiger partial charge in [-0.25, -0.2) is 0 Å². The van der Waals surface area contributed by atoms with E-state index in [0.717, 1.165) is 11.3 Å². The highest BCUT2D eigenvalue weighted by Crippen LogP contribution is 2.12. The molecule has 1 heterocycles. The van der Waals surface area contributed by atoms with Crippen molar-refractivity contribution in [1.29, 1.82) is 0 Å². The molecule has 0 aliphatic rings. The lowest BCUT2D eigenvalue weighted by Gasteiger charge is -2.00. The van der Waals surface area contributed by atoms with Gasteiger partial charge in [0.2, 0.25) is 0 Å². The van der Waals surface area contributed by atoms with Gasteiger partial charge in [-0.3, -0.25) is 4.98 Å². The largest absolute Gasteiger partial charge is 0.261 e. The lowest BCUT2D eigenvalue weighted by molar-refractivity contribution is 1.19. The van der Waals surface area contributed by atoms with Crippen LogP contribution in [0.1, 0.15) is 23.7 Å². The van der Waals surface area contributed by atoms with E-state index in [1.165, 1.54) is 5.56 Å². The molecular formula is C11H13N. The standard InChI is InChI=1S/C11H13N/c1-4-6-11-7-9(3)12-8-10(11)5-2/h4-8H,2H2,1,3H3/b6-4-. The van der Waals surface area contributed by atoms with Crippen molar-refractivity contribution in [2.24, 2.45) is 0 Å². The van der Waals surface area contributed by atoms with Gasteiger partial charge in [-0.2, -0.15) is 0 Å². The van der Waals surface area contributed by atoms with Crippen LogP contribution < -0.4 is 0 Å². The highest BCUT2D eigenvalue weighted by molar-refractivity contribution is 5.63. The second-order valence-electron chi connectivity index (χ2n) is 2.66. The Morgan fingerprint density at radius 2 is 2.17 bits per heavy atom. The maximum atomic E-state index is 4.19. The average molecular weight is 159 g/mol. The number of hydrogen-bond acceptors (Lipinski definition) is 1. The van der Waals surface area contributed by atoms with E-state index < -0.39 is 0 Å². The summed E-state index contributed by atoms with van der Waals surface area (Å²) in [5, 5.41) is 0. The van der Waals surface area contributed by atoms with Crippen molar-refractivity contribution in [3.63, 3.8) is 0 Å². The van der Waals surface area contributed by atoms with E-state index in [9.17, 15) is 0 Å². The van der Waals surface area contributed by atoms with Gasteiger partial charge in [0.15, 0.2) is 0 Å². The Balaban J connectivity index is 3.20. The third kappa shape index (κ3) is 1.82. The summed E-state index contributed by atoms with van der Waals surface area (Å²) >= 11 is 0. The molecule has 62 valence electrons. The van der Waals surface area contributed by atoms with Crippen LogP contribution in [0.5, 0.6) is 0 Å². The maximum Gasteiger partial charge on any atom is 0.0379 e. The number of nitrogens with zero attached hydrogens (tertiary/aromatic N) is 1. The molecule has 0 unspecified atom stereocenters. The molecule has 1 aromatic heterocycles. The molecule has 12 heavy (non-hydrogen) atoms. The summed E-state index contributed by atoms with van der Waals surface area (Å²) in [6, 6.07) is 2.05. The Kier molecular flexibility index (Phi) is 2.81. The SMILES string of the molecule is C=Cc1cnc(C)cc1/C=C\C. The van der Waals surface area contributed by atoms with Crippen LogP contribution in [0.4, 0.5) is 0 Å². The van der Waals surface area contributed by atoms with Crippen LogP contribution in [0.25, 0.3) is 12.2 Å². The van der Waals surface area contributed by atoms with E-state index in [1.807, 2.05) is 32.2 Å². The Morgan fingerprint density at radius 1 is 1.42 bits per heavy atom. The minimum absolute atomic E-state index is 1.04. The fraction of sp³-hybridized carbons (Fsp3) is 0.182. The molecule has 0 atom stereocenters. The topological polar surface area (TPSA) is 12.9 Å². The Hall–Kier alpha value is -1.37. The van der Waals surface area contributed by atoms with Crippen LogP contribution in [0.3, 0.4) is 0 Å². The molecule has 1 nitrogen and oxygen atoms in total. The number of hydrogen-bond donors (Lipinski definition) is 0. The van der Waals surface area contributed by atoms with Crippen molar-refractivity contribution in [2.75, 3.05) is 0 Å². The summed E-state index contributed by atoms with van der Waals surface area (Å²) in [6.45, 7) is 7.72. The van der Waals surface area contributed by atoms with Crippen molar-refractivity contribution in [2.45, 2.75) is 13.8 Å². The zero-order valence-corrected chi connectivity index (χ0v) is 7.54. The van der Waals surface area contributed by atoms with Crippen molar-refractivity contribution >= 4 is 12.2 Å². The van der Waals surface area contributed by atoms with E-state index >= 15 is 0 Å². The van der Waals surface area contributed by atoms with Gasteiger partial charge in [-0.05, 0) is 31.0 Å². The van der Waals surface area contributed by atoms with Crippen molar-refractivity contribution in [1.82, 2.24) is 4.98 Å². The highest BCUT2D eigenvalue weighted by atomic mass is 14.7. The van der Waals surface area contributed by atoms with Crippen LogP contribution in [0.15, 0.2) is 24.9 Å². The van der Waals surface area contributed by atoms with E-state index in [-0.39, 0.29) is 0 Å². The Labute approximate surface area is 73.5 Å². The van der Waals surface area contributed by atoms with Gasteiger partial charge in [0, 0.05) is 11.9 Å². The first-order chi connectivity index (χ1) is 5.77. The van der Waals surface area contributed by atoms with Crippen molar-refractivity contribution < 1.29 is 0 Å². The molecule has 0 N–H and O–H groups in total. The summed E-state index contributed by atoms with van der Waals surface area (Å²) in [6.07, 6.45) is 7.74. The molecule has 0 saturated heterocycles. The van der Waals surface area contributed by atoms with E-state index in [2.05, 4.69) is 23.7 Å². The molecule has 0 aliphatic heterocycles. The fourth-order valence-electron chi connectivity index (χ4n) is 1.09. The lowest BCUT2D eigenvalue weighted by Crippen LogP contribution is -1.86. The van der Waals surface area contributed by atoms with E-state index in [1.54, 1.807) is 0 Å². The van der Waals surface area contributed by atoms with Crippen LogP contribution >= 0.6 is 0 Å². The summed E-state index contributed by atoms with van der Waals surface area (Å²) in [4.78, 5) is 4.19. The second-order valence-corrected chi connectivity index (χ2v) is 2.66. The highest BCUT2D eigenvalue weighted by Gasteiger charge is 1.95. The molecule has 0 bridgehead atoms. The maximum absolute atomic E-state index is 4.19. The molecule has 0 amide bonds. The van der Waals surface area contributed by atoms with Gasteiger partial charge in [-0.1, -0.05) is 24.8 Å². The molecule has 0 aliphatic carbocycles. The Bertz CT molecular complexity index is 311. The third-order valence-electron chi connectivity index (χ3n) is 1.67.